The van der Waals surface area contributed by atoms with Crippen molar-refractivity contribution in [1.29, 1.82) is 0 Å². The molecular formula is C20H18N6O2S2. The predicted molar refractivity (Wildman–Crippen MR) is 115 cm³/mol. The second-order valence-corrected chi connectivity index (χ2v) is 8.21. The number of hydrogen-bond donors (Lipinski definition) is 2. The standard InChI is InChI=1S/C20H18N6O2S2/c27-18(9-15-11-30-20(23-15)25-19(28)17-7-4-8-29-17)24-16(10-26-13-21-12-22-26)14-5-2-1-3-6-14/h1-8,11-13,16H,9-10H2,(H,24,27)(H,23,25,28)/t16-/m1/s1. The number of thiazole rings is 1. The summed E-state index contributed by atoms with van der Waals surface area (Å²) in [4.78, 5) is 33.7. The number of amides is 2. The molecular weight excluding hydrogens is 420 g/mol. The maximum Gasteiger partial charge on any atom is 0.267 e. The highest BCUT2D eigenvalue weighted by atomic mass is 32.1. The Kier molecular flexibility index (Phi) is 6.26. The monoisotopic (exact) mass is 438 g/mol. The molecule has 2 amide bonds. The van der Waals surface area contributed by atoms with Gasteiger partial charge in [0.25, 0.3) is 5.91 Å². The number of carbonyl (C=O) groups is 2. The minimum atomic E-state index is -0.253. The molecule has 0 bridgehead atoms. The van der Waals surface area contributed by atoms with Crippen molar-refractivity contribution in [3.63, 3.8) is 0 Å². The van der Waals surface area contributed by atoms with Crippen LogP contribution in [0.3, 0.4) is 0 Å². The first-order valence-electron chi connectivity index (χ1n) is 9.13. The number of thiophene rings is 1. The number of rotatable bonds is 8. The van der Waals surface area contributed by atoms with Crippen molar-refractivity contribution >= 4 is 39.6 Å². The molecule has 0 aliphatic rings. The van der Waals surface area contributed by atoms with E-state index in [1.807, 2.05) is 41.8 Å². The van der Waals surface area contributed by atoms with Gasteiger partial charge in [0.2, 0.25) is 5.91 Å². The molecule has 152 valence electrons. The minimum absolute atomic E-state index is 0.117. The van der Waals surface area contributed by atoms with Crippen molar-refractivity contribution in [2.45, 2.75) is 19.0 Å². The van der Waals surface area contributed by atoms with E-state index < -0.39 is 0 Å². The van der Waals surface area contributed by atoms with Crippen LogP contribution in [0.4, 0.5) is 5.13 Å². The van der Waals surface area contributed by atoms with Gasteiger partial charge in [-0.1, -0.05) is 36.4 Å². The summed E-state index contributed by atoms with van der Waals surface area (Å²) in [6, 6.07) is 13.0. The molecule has 8 nitrogen and oxygen atoms in total. The smallest absolute Gasteiger partial charge is 0.267 e. The highest BCUT2D eigenvalue weighted by molar-refractivity contribution is 7.14. The van der Waals surface area contributed by atoms with E-state index in [1.165, 1.54) is 29.0 Å². The van der Waals surface area contributed by atoms with Gasteiger partial charge < -0.3 is 5.32 Å². The summed E-state index contributed by atoms with van der Waals surface area (Å²) in [6.45, 7) is 0.467. The molecule has 1 atom stereocenters. The molecule has 4 rings (SSSR count). The van der Waals surface area contributed by atoms with Gasteiger partial charge in [0.05, 0.1) is 29.6 Å². The molecule has 0 aliphatic carbocycles. The lowest BCUT2D eigenvalue weighted by Crippen LogP contribution is -2.32. The fourth-order valence-corrected chi connectivity index (χ4v) is 4.18. The zero-order chi connectivity index (χ0) is 20.8. The molecule has 0 aliphatic heterocycles. The minimum Gasteiger partial charge on any atom is -0.347 e. The molecule has 1 aromatic carbocycles. The van der Waals surface area contributed by atoms with Gasteiger partial charge in [0.1, 0.15) is 12.7 Å². The van der Waals surface area contributed by atoms with Crippen LogP contribution in [0.1, 0.15) is 27.0 Å². The SMILES string of the molecule is O=C(Cc1csc(NC(=O)c2cccs2)n1)N[C@H](Cn1cncn1)c1ccccc1. The van der Waals surface area contributed by atoms with E-state index in [2.05, 4.69) is 25.7 Å². The summed E-state index contributed by atoms with van der Waals surface area (Å²) < 4.78 is 1.68. The second kappa shape index (κ2) is 9.42. The van der Waals surface area contributed by atoms with Crippen molar-refractivity contribution in [3.05, 3.63) is 82.0 Å². The van der Waals surface area contributed by atoms with E-state index in [-0.39, 0.29) is 24.3 Å². The average Bonchev–Trinajstić information content (AvgIpc) is 3.51. The fraction of sp³-hybridized carbons (Fsp3) is 0.150. The van der Waals surface area contributed by atoms with Crippen LogP contribution in [-0.4, -0.2) is 31.6 Å². The first kappa shape index (κ1) is 19.9. The van der Waals surface area contributed by atoms with Gasteiger partial charge >= 0.3 is 0 Å². The topological polar surface area (TPSA) is 102 Å². The molecule has 30 heavy (non-hydrogen) atoms. The molecule has 3 heterocycles. The Hall–Kier alpha value is -3.37. The Morgan fingerprint density at radius 2 is 1.97 bits per heavy atom. The van der Waals surface area contributed by atoms with E-state index in [1.54, 1.807) is 22.5 Å². The molecule has 10 heteroatoms. The second-order valence-electron chi connectivity index (χ2n) is 6.40. The van der Waals surface area contributed by atoms with Crippen molar-refractivity contribution in [2.75, 3.05) is 5.32 Å². The Morgan fingerprint density at radius 3 is 2.70 bits per heavy atom. The lowest BCUT2D eigenvalue weighted by molar-refractivity contribution is -0.121. The number of hydrogen-bond acceptors (Lipinski definition) is 7. The van der Waals surface area contributed by atoms with Crippen LogP contribution in [0.2, 0.25) is 0 Å². The highest BCUT2D eigenvalue weighted by Gasteiger charge is 2.17. The van der Waals surface area contributed by atoms with Gasteiger partial charge in [-0.3, -0.25) is 19.6 Å². The molecule has 3 aromatic heterocycles. The zero-order valence-electron chi connectivity index (χ0n) is 15.8. The average molecular weight is 439 g/mol. The van der Waals surface area contributed by atoms with Gasteiger partial charge in [-0.2, -0.15) is 5.10 Å². The third kappa shape index (κ3) is 5.16. The van der Waals surface area contributed by atoms with Crippen molar-refractivity contribution in [3.8, 4) is 0 Å². The normalized spacial score (nSPS) is 11.7. The lowest BCUT2D eigenvalue weighted by atomic mass is 10.1. The maximum atomic E-state index is 12.7. The summed E-state index contributed by atoms with van der Waals surface area (Å²) in [5.41, 5.74) is 1.58. The lowest BCUT2D eigenvalue weighted by Gasteiger charge is -2.19. The first-order valence-corrected chi connectivity index (χ1v) is 10.9. The van der Waals surface area contributed by atoms with Gasteiger partial charge in [-0.15, -0.1) is 22.7 Å². The summed E-state index contributed by atoms with van der Waals surface area (Å²) >= 11 is 2.66. The third-order valence-corrected chi connectivity index (χ3v) is 5.91. The van der Waals surface area contributed by atoms with Crippen LogP contribution in [0, 0.1) is 0 Å². The quantitative estimate of drug-likeness (QED) is 0.440. The summed E-state index contributed by atoms with van der Waals surface area (Å²) in [7, 11) is 0. The van der Waals surface area contributed by atoms with E-state index in [9.17, 15) is 9.59 Å². The molecule has 2 N–H and O–H groups in total. The van der Waals surface area contributed by atoms with Crippen LogP contribution in [-0.2, 0) is 17.8 Å². The highest BCUT2D eigenvalue weighted by Crippen LogP contribution is 2.19. The van der Waals surface area contributed by atoms with E-state index in [0.29, 0.717) is 22.2 Å². The first-order chi connectivity index (χ1) is 14.7. The Labute approximate surface area is 180 Å². The molecule has 0 saturated heterocycles. The fourth-order valence-electron chi connectivity index (χ4n) is 2.86. The van der Waals surface area contributed by atoms with Gasteiger partial charge in [0.15, 0.2) is 5.13 Å². The van der Waals surface area contributed by atoms with Crippen LogP contribution in [0.5, 0.6) is 0 Å². The number of benzene rings is 1. The number of aromatic nitrogens is 4. The maximum absolute atomic E-state index is 12.7. The van der Waals surface area contributed by atoms with Crippen molar-refractivity contribution < 1.29 is 9.59 Å². The Bertz CT molecular complexity index is 1090. The Morgan fingerprint density at radius 1 is 1.10 bits per heavy atom. The van der Waals surface area contributed by atoms with Crippen LogP contribution in [0.25, 0.3) is 0 Å². The van der Waals surface area contributed by atoms with Gasteiger partial charge in [-0.25, -0.2) is 9.97 Å². The summed E-state index contributed by atoms with van der Waals surface area (Å²) in [5, 5.41) is 14.0. The number of anilines is 1. The number of nitrogens with zero attached hydrogens (tertiary/aromatic N) is 4. The largest absolute Gasteiger partial charge is 0.347 e. The predicted octanol–water partition coefficient (Wildman–Crippen LogP) is 3.15. The van der Waals surface area contributed by atoms with Gasteiger partial charge in [-0.05, 0) is 17.0 Å². The molecule has 0 radical (unpaired) electrons. The van der Waals surface area contributed by atoms with E-state index in [0.717, 1.165) is 5.56 Å². The molecule has 0 spiro atoms. The summed E-state index contributed by atoms with van der Waals surface area (Å²) in [6.07, 6.45) is 3.20. The summed E-state index contributed by atoms with van der Waals surface area (Å²) in [5.74, 6) is -0.363. The molecule has 0 unspecified atom stereocenters. The zero-order valence-corrected chi connectivity index (χ0v) is 17.4. The number of nitrogens with one attached hydrogen (secondary N) is 2. The van der Waals surface area contributed by atoms with Crippen LogP contribution >= 0.6 is 22.7 Å². The van der Waals surface area contributed by atoms with E-state index in [4.69, 9.17) is 0 Å². The van der Waals surface area contributed by atoms with Crippen molar-refractivity contribution in [2.24, 2.45) is 0 Å². The van der Waals surface area contributed by atoms with Gasteiger partial charge in [0, 0.05) is 5.38 Å². The molecule has 0 saturated carbocycles. The van der Waals surface area contributed by atoms with Crippen molar-refractivity contribution in [1.82, 2.24) is 25.1 Å². The Balaban J connectivity index is 1.39. The molecule has 4 aromatic rings. The molecule has 0 fully saturated rings. The third-order valence-electron chi connectivity index (χ3n) is 4.23. The van der Waals surface area contributed by atoms with E-state index >= 15 is 0 Å². The van der Waals surface area contributed by atoms with Crippen LogP contribution < -0.4 is 10.6 Å². The number of carbonyl (C=O) groups excluding carboxylic acids is 2. The van der Waals surface area contributed by atoms with Crippen LogP contribution in [0.15, 0.2) is 65.9 Å².